The van der Waals surface area contributed by atoms with Crippen molar-refractivity contribution < 1.29 is 8.78 Å². The normalized spacial score (nSPS) is 22.2. The summed E-state index contributed by atoms with van der Waals surface area (Å²) in [5, 5.41) is 0. The zero-order chi connectivity index (χ0) is 14.1. The number of halogens is 2. The van der Waals surface area contributed by atoms with E-state index < -0.39 is 11.6 Å². The number of hydrogen-bond donors (Lipinski definition) is 1. The Morgan fingerprint density at radius 1 is 1.15 bits per heavy atom. The highest BCUT2D eigenvalue weighted by molar-refractivity contribution is 5.37. The summed E-state index contributed by atoms with van der Waals surface area (Å²) in [6, 6.07) is 5.11. The zero-order valence-electron chi connectivity index (χ0n) is 10.7. The molecule has 0 unspecified atom stereocenters. The van der Waals surface area contributed by atoms with Crippen molar-refractivity contribution in [3.05, 3.63) is 53.9 Å². The van der Waals surface area contributed by atoms with Crippen LogP contribution in [0.25, 0.3) is 0 Å². The van der Waals surface area contributed by atoms with Crippen molar-refractivity contribution in [3.8, 4) is 0 Å². The van der Waals surface area contributed by atoms with Gasteiger partial charge in [-0.15, -0.1) is 0 Å². The summed E-state index contributed by atoms with van der Waals surface area (Å²) in [6.45, 7) is 1.07. The van der Waals surface area contributed by atoms with Gasteiger partial charge in [-0.05, 0) is 17.7 Å². The number of nitrogens with zero attached hydrogens (tertiary/aromatic N) is 3. The van der Waals surface area contributed by atoms with Crippen molar-refractivity contribution in [3.63, 3.8) is 0 Å². The standard InChI is InChI=1S/C14H14F2N4/c15-9-2-3-10(12(16)6-9)11-7-20(8-13(11)17)14-18-4-1-5-19-14/h1-6,11,13H,7-8,17H2/t11-,13+/m0/s1. The van der Waals surface area contributed by atoms with Crippen LogP contribution in [0.3, 0.4) is 0 Å². The lowest BCUT2D eigenvalue weighted by Crippen LogP contribution is -2.29. The molecular weight excluding hydrogens is 262 g/mol. The summed E-state index contributed by atoms with van der Waals surface area (Å²) < 4.78 is 26.8. The molecule has 6 heteroatoms. The fraction of sp³-hybridized carbons (Fsp3) is 0.286. The molecule has 4 nitrogen and oxygen atoms in total. The highest BCUT2D eigenvalue weighted by atomic mass is 19.1. The van der Waals surface area contributed by atoms with Crippen LogP contribution < -0.4 is 10.6 Å². The molecule has 2 atom stereocenters. The smallest absolute Gasteiger partial charge is 0.225 e. The minimum absolute atomic E-state index is 0.195. The number of hydrogen-bond acceptors (Lipinski definition) is 4. The monoisotopic (exact) mass is 276 g/mol. The van der Waals surface area contributed by atoms with Gasteiger partial charge in [0, 0.05) is 43.5 Å². The van der Waals surface area contributed by atoms with E-state index >= 15 is 0 Å². The molecule has 20 heavy (non-hydrogen) atoms. The van der Waals surface area contributed by atoms with E-state index in [0.29, 0.717) is 24.6 Å². The molecule has 0 radical (unpaired) electrons. The number of benzene rings is 1. The third kappa shape index (κ3) is 2.34. The Labute approximate surface area is 115 Å². The predicted molar refractivity (Wildman–Crippen MR) is 71.3 cm³/mol. The van der Waals surface area contributed by atoms with E-state index in [1.165, 1.54) is 12.1 Å². The van der Waals surface area contributed by atoms with E-state index in [4.69, 9.17) is 5.73 Å². The van der Waals surface area contributed by atoms with Gasteiger partial charge in [-0.3, -0.25) is 0 Å². The Morgan fingerprint density at radius 2 is 1.90 bits per heavy atom. The molecule has 2 N–H and O–H groups in total. The van der Waals surface area contributed by atoms with E-state index in [1.807, 2.05) is 4.90 Å². The van der Waals surface area contributed by atoms with Crippen molar-refractivity contribution in [2.24, 2.45) is 5.73 Å². The Hall–Kier alpha value is -2.08. The van der Waals surface area contributed by atoms with Gasteiger partial charge in [0.2, 0.25) is 5.95 Å². The van der Waals surface area contributed by atoms with Crippen LogP contribution in [0.2, 0.25) is 0 Å². The van der Waals surface area contributed by atoms with Gasteiger partial charge in [0.05, 0.1) is 0 Å². The maximum absolute atomic E-state index is 13.9. The second kappa shape index (κ2) is 5.13. The fourth-order valence-corrected chi connectivity index (χ4v) is 2.58. The van der Waals surface area contributed by atoms with Crippen molar-refractivity contribution in [1.29, 1.82) is 0 Å². The van der Waals surface area contributed by atoms with E-state index in [-0.39, 0.29) is 12.0 Å². The number of nitrogens with two attached hydrogens (primary N) is 1. The van der Waals surface area contributed by atoms with E-state index in [0.717, 1.165) is 6.07 Å². The topological polar surface area (TPSA) is 55.0 Å². The zero-order valence-corrected chi connectivity index (χ0v) is 10.7. The molecule has 0 spiro atoms. The van der Waals surface area contributed by atoms with Crippen LogP contribution >= 0.6 is 0 Å². The average Bonchev–Trinajstić information content (AvgIpc) is 2.82. The number of aromatic nitrogens is 2. The molecule has 1 aromatic carbocycles. The van der Waals surface area contributed by atoms with Crippen LogP contribution in [-0.4, -0.2) is 29.1 Å². The Kier molecular flexibility index (Phi) is 3.31. The summed E-state index contributed by atoms with van der Waals surface area (Å²) in [5.41, 5.74) is 6.53. The van der Waals surface area contributed by atoms with E-state index in [2.05, 4.69) is 9.97 Å². The summed E-state index contributed by atoms with van der Waals surface area (Å²) in [5.74, 6) is -0.755. The molecule has 1 aromatic heterocycles. The Balaban J connectivity index is 1.85. The van der Waals surface area contributed by atoms with Crippen LogP contribution in [0, 0.1) is 11.6 Å². The van der Waals surface area contributed by atoms with Gasteiger partial charge in [0.1, 0.15) is 11.6 Å². The summed E-state index contributed by atoms with van der Waals surface area (Å²) in [4.78, 5) is 10.2. The Morgan fingerprint density at radius 3 is 2.60 bits per heavy atom. The largest absolute Gasteiger partial charge is 0.339 e. The minimum atomic E-state index is -0.582. The molecule has 0 amide bonds. The molecule has 2 aromatic rings. The number of rotatable bonds is 2. The number of anilines is 1. The second-order valence-electron chi connectivity index (χ2n) is 4.89. The highest BCUT2D eigenvalue weighted by Crippen LogP contribution is 2.30. The van der Waals surface area contributed by atoms with Crippen molar-refractivity contribution in [1.82, 2.24) is 9.97 Å². The maximum Gasteiger partial charge on any atom is 0.225 e. The quantitative estimate of drug-likeness (QED) is 0.907. The highest BCUT2D eigenvalue weighted by Gasteiger charge is 2.34. The SMILES string of the molecule is N[C@@H]1CN(c2ncccn2)C[C@H]1c1ccc(F)cc1F. The van der Waals surface area contributed by atoms with E-state index in [1.54, 1.807) is 18.5 Å². The van der Waals surface area contributed by atoms with Crippen LogP contribution in [-0.2, 0) is 0 Å². The average molecular weight is 276 g/mol. The van der Waals surface area contributed by atoms with Crippen molar-refractivity contribution in [2.75, 3.05) is 18.0 Å². The maximum atomic E-state index is 13.9. The fourth-order valence-electron chi connectivity index (χ4n) is 2.58. The second-order valence-corrected chi connectivity index (χ2v) is 4.89. The van der Waals surface area contributed by atoms with Crippen LogP contribution in [0.1, 0.15) is 11.5 Å². The lowest BCUT2D eigenvalue weighted by molar-refractivity contribution is 0.546. The molecule has 3 rings (SSSR count). The summed E-state index contributed by atoms with van der Waals surface area (Å²) >= 11 is 0. The van der Waals surface area contributed by atoms with Crippen molar-refractivity contribution >= 4 is 5.95 Å². The van der Waals surface area contributed by atoms with Crippen LogP contribution in [0.5, 0.6) is 0 Å². The predicted octanol–water partition coefficient (Wildman–Crippen LogP) is 1.69. The third-order valence-electron chi connectivity index (χ3n) is 3.56. The summed E-state index contributed by atoms with van der Waals surface area (Å²) in [6.07, 6.45) is 3.30. The summed E-state index contributed by atoms with van der Waals surface area (Å²) in [7, 11) is 0. The molecule has 104 valence electrons. The molecule has 1 aliphatic heterocycles. The van der Waals surface area contributed by atoms with Gasteiger partial charge in [-0.2, -0.15) is 0 Å². The Bertz CT molecular complexity index is 605. The minimum Gasteiger partial charge on any atom is -0.339 e. The molecule has 1 saturated heterocycles. The van der Waals surface area contributed by atoms with Crippen LogP contribution in [0.4, 0.5) is 14.7 Å². The van der Waals surface area contributed by atoms with Gasteiger partial charge in [-0.1, -0.05) is 6.07 Å². The molecule has 1 fully saturated rings. The first kappa shape index (κ1) is 12.9. The van der Waals surface area contributed by atoms with E-state index in [9.17, 15) is 8.78 Å². The molecule has 0 saturated carbocycles. The van der Waals surface area contributed by atoms with Crippen LogP contribution in [0.15, 0.2) is 36.7 Å². The first-order chi connectivity index (χ1) is 9.65. The third-order valence-corrected chi connectivity index (χ3v) is 3.56. The molecule has 0 bridgehead atoms. The first-order valence-corrected chi connectivity index (χ1v) is 6.37. The molecule has 0 aliphatic carbocycles. The molecule has 2 heterocycles. The van der Waals surface area contributed by atoms with Gasteiger partial charge in [0.15, 0.2) is 0 Å². The lowest BCUT2D eigenvalue weighted by atomic mass is 9.94. The molecule has 1 aliphatic rings. The first-order valence-electron chi connectivity index (χ1n) is 6.37. The van der Waals surface area contributed by atoms with Gasteiger partial charge in [0.25, 0.3) is 0 Å². The van der Waals surface area contributed by atoms with Gasteiger partial charge in [-0.25, -0.2) is 18.7 Å². The van der Waals surface area contributed by atoms with Crippen molar-refractivity contribution in [2.45, 2.75) is 12.0 Å². The van der Waals surface area contributed by atoms with Gasteiger partial charge < -0.3 is 10.6 Å². The molecular formula is C14H14F2N4. The van der Waals surface area contributed by atoms with Gasteiger partial charge >= 0.3 is 0 Å². The lowest BCUT2D eigenvalue weighted by Gasteiger charge is -2.16.